The van der Waals surface area contributed by atoms with Crippen LogP contribution in [0, 0.1) is 0 Å². The molecule has 2 aliphatic rings. The highest BCUT2D eigenvalue weighted by Gasteiger charge is 2.30. The summed E-state index contributed by atoms with van der Waals surface area (Å²) in [4.78, 5) is 13.3. The number of piperidine rings is 2. The van der Waals surface area contributed by atoms with Gasteiger partial charge in [-0.15, -0.1) is 0 Å². The smallest absolute Gasteiger partial charge is 0.302 e. The molecular formula is C11H19NO2. The van der Waals surface area contributed by atoms with E-state index in [1.54, 1.807) is 0 Å². The first-order valence-electron chi connectivity index (χ1n) is 5.67. The molecule has 0 bridgehead atoms. The van der Waals surface area contributed by atoms with Gasteiger partial charge in [-0.05, 0) is 32.2 Å². The molecule has 2 fully saturated rings. The van der Waals surface area contributed by atoms with E-state index >= 15 is 0 Å². The van der Waals surface area contributed by atoms with Gasteiger partial charge in [-0.2, -0.15) is 0 Å². The summed E-state index contributed by atoms with van der Waals surface area (Å²) >= 11 is 0. The Hall–Kier alpha value is -0.570. The summed E-state index contributed by atoms with van der Waals surface area (Å²) in [6, 6.07) is 0.774. The third-order valence-corrected chi connectivity index (χ3v) is 3.34. The van der Waals surface area contributed by atoms with Crippen LogP contribution >= 0.6 is 0 Å². The predicted octanol–water partition coefficient (Wildman–Crippen LogP) is 1.57. The van der Waals surface area contributed by atoms with Crippen LogP contribution in [-0.2, 0) is 9.53 Å². The second-order valence-corrected chi connectivity index (χ2v) is 4.45. The van der Waals surface area contributed by atoms with Crippen LogP contribution in [0.5, 0.6) is 0 Å². The fraction of sp³-hybridized carbons (Fsp3) is 0.909. The minimum atomic E-state index is -0.134. The van der Waals surface area contributed by atoms with Crippen LogP contribution in [0.15, 0.2) is 0 Å². The van der Waals surface area contributed by atoms with E-state index in [0.29, 0.717) is 0 Å². The average molecular weight is 197 g/mol. The van der Waals surface area contributed by atoms with Gasteiger partial charge in [0.2, 0.25) is 0 Å². The highest BCUT2D eigenvalue weighted by molar-refractivity contribution is 5.66. The lowest BCUT2D eigenvalue weighted by Crippen LogP contribution is -2.48. The van der Waals surface area contributed by atoms with Crippen LogP contribution in [0.4, 0.5) is 0 Å². The van der Waals surface area contributed by atoms with Crippen LogP contribution in [0.2, 0.25) is 0 Å². The molecular weight excluding hydrogens is 178 g/mol. The highest BCUT2D eigenvalue weighted by atomic mass is 16.5. The minimum Gasteiger partial charge on any atom is -0.461 e. The number of nitrogens with zero attached hydrogens (tertiary/aromatic N) is 1. The summed E-state index contributed by atoms with van der Waals surface area (Å²) < 4.78 is 5.26. The standard InChI is InChI=1S/C11H19NO2/c1-9(13)14-11-6-5-10-4-2-3-7-12(10)8-11/h10-11H,2-8H2,1H3/t10-,11+/m1/s1. The average Bonchev–Trinajstić information content (AvgIpc) is 2.17. The summed E-state index contributed by atoms with van der Waals surface area (Å²) in [5, 5.41) is 0. The number of rotatable bonds is 1. The maximum Gasteiger partial charge on any atom is 0.302 e. The van der Waals surface area contributed by atoms with Crippen molar-refractivity contribution in [3.63, 3.8) is 0 Å². The fourth-order valence-corrected chi connectivity index (χ4v) is 2.69. The number of carbonyl (C=O) groups is 1. The van der Waals surface area contributed by atoms with Gasteiger partial charge in [-0.3, -0.25) is 9.69 Å². The normalized spacial score (nSPS) is 33.5. The molecule has 0 saturated carbocycles. The summed E-state index contributed by atoms with van der Waals surface area (Å²) in [6.07, 6.45) is 6.44. The van der Waals surface area contributed by atoms with Crippen molar-refractivity contribution in [1.29, 1.82) is 0 Å². The summed E-state index contributed by atoms with van der Waals surface area (Å²) in [5.74, 6) is -0.134. The van der Waals surface area contributed by atoms with Crippen molar-refractivity contribution in [2.45, 2.75) is 51.2 Å². The Balaban J connectivity index is 1.86. The summed E-state index contributed by atoms with van der Waals surface area (Å²) in [7, 11) is 0. The summed E-state index contributed by atoms with van der Waals surface area (Å²) in [6.45, 7) is 3.66. The van der Waals surface area contributed by atoms with Gasteiger partial charge in [0.25, 0.3) is 0 Å². The maximum absolute atomic E-state index is 10.8. The van der Waals surface area contributed by atoms with E-state index < -0.39 is 0 Å². The maximum atomic E-state index is 10.8. The lowest BCUT2D eigenvalue weighted by atomic mass is 9.92. The molecule has 2 saturated heterocycles. The second-order valence-electron chi connectivity index (χ2n) is 4.45. The zero-order valence-electron chi connectivity index (χ0n) is 8.87. The fourth-order valence-electron chi connectivity index (χ4n) is 2.69. The van der Waals surface area contributed by atoms with Crippen molar-refractivity contribution in [3.8, 4) is 0 Å². The first-order valence-corrected chi connectivity index (χ1v) is 5.67. The lowest BCUT2D eigenvalue weighted by molar-refractivity contribution is -0.150. The van der Waals surface area contributed by atoms with Gasteiger partial charge in [-0.25, -0.2) is 0 Å². The van der Waals surface area contributed by atoms with Crippen molar-refractivity contribution < 1.29 is 9.53 Å². The molecule has 3 heteroatoms. The molecule has 0 radical (unpaired) electrons. The van der Waals surface area contributed by atoms with Crippen molar-refractivity contribution >= 4 is 5.97 Å². The topological polar surface area (TPSA) is 29.5 Å². The Morgan fingerprint density at radius 2 is 2.14 bits per heavy atom. The van der Waals surface area contributed by atoms with E-state index in [0.717, 1.165) is 19.0 Å². The number of hydrogen-bond acceptors (Lipinski definition) is 3. The van der Waals surface area contributed by atoms with Gasteiger partial charge in [0.15, 0.2) is 0 Å². The van der Waals surface area contributed by atoms with Crippen LogP contribution < -0.4 is 0 Å². The number of fused-ring (bicyclic) bond motifs is 1. The van der Waals surface area contributed by atoms with Crippen LogP contribution in [0.1, 0.15) is 39.0 Å². The molecule has 0 spiro atoms. The quantitative estimate of drug-likeness (QED) is 0.597. The van der Waals surface area contributed by atoms with E-state index in [-0.39, 0.29) is 12.1 Å². The molecule has 0 aromatic heterocycles. The molecule has 2 heterocycles. The monoisotopic (exact) mass is 197 g/mol. The molecule has 3 nitrogen and oxygen atoms in total. The van der Waals surface area contributed by atoms with Crippen molar-refractivity contribution in [1.82, 2.24) is 4.90 Å². The molecule has 0 aromatic carbocycles. The number of ether oxygens (including phenoxy) is 1. The number of hydrogen-bond donors (Lipinski definition) is 0. The lowest BCUT2D eigenvalue weighted by Gasteiger charge is -2.42. The van der Waals surface area contributed by atoms with E-state index in [2.05, 4.69) is 4.90 Å². The first kappa shape index (κ1) is 9.97. The first-order chi connectivity index (χ1) is 6.75. The van der Waals surface area contributed by atoms with E-state index in [1.165, 1.54) is 39.2 Å². The van der Waals surface area contributed by atoms with E-state index in [4.69, 9.17) is 4.74 Å². The third kappa shape index (κ3) is 2.27. The molecule has 80 valence electrons. The van der Waals surface area contributed by atoms with Crippen LogP contribution in [-0.4, -0.2) is 36.1 Å². The minimum absolute atomic E-state index is 0.134. The predicted molar refractivity (Wildman–Crippen MR) is 54.0 cm³/mol. The molecule has 0 N–H and O–H groups in total. The van der Waals surface area contributed by atoms with Gasteiger partial charge in [-0.1, -0.05) is 6.42 Å². The zero-order valence-corrected chi connectivity index (χ0v) is 8.87. The molecule has 0 aliphatic carbocycles. The third-order valence-electron chi connectivity index (χ3n) is 3.34. The van der Waals surface area contributed by atoms with Crippen LogP contribution in [0.3, 0.4) is 0 Å². The van der Waals surface area contributed by atoms with Gasteiger partial charge >= 0.3 is 5.97 Å². The van der Waals surface area contributed by atoms with Gasteiger partial charge in [0, 0.05) is 19.5 Å². The molecule has 14 heavy (non-hydrogen) atoms. The summed E-state index contributed by atoms with van der Waals surface area (Å²) in [5.41, 5.74) is 0. The number of esters is 1. The molecule has 2 aliphatic heterocycles. The molecule has 0 unspecified atom stereocenters. The van der Waals surface area contributed by atoms with E-state index in [9.17, 15) is 4.79 Å². The van der Waals surface area contributed by atoms with Crippen molar-refractivity contribution in [2.24, 2.45) is 0 Å². The Labute approximate surface area is 85.4 Å². The zero-order chi connectivity index (χ0) is 9.97. The molecule has 2 rings (SSSR count). The van der Waals surface area contributed by atoms with Crippen molar-refractivity contribution in [3.05, 3.63) is 0 Å². The van der Waals surface area contributed by atoms with E-state index in [1.807, 2.05) is 0 Å². The highest BCUT2D eigenvalue weighted by Crippen LogP contribution is 2.27. The van der Waals surface area contributed by atoms with Gasteiger partial charge in [0.05, 0.1) is 0 Å². The Bertz CT molecular complexity index is 217. The van der Waals surface area contributed by atoms with Crippen molar-refractivity contribution in [2.75, 3.05) is 13.1 Å². The Morgan fingerprint density at radius 1 is 1.29 bits per heavy atom. The second kappa shape index (κ2) is 4.30. The largest absolute Gasteiger partial charge is 0.461 e. The molecule has 0 amide bonds. The molecule has 2 atom stereocenters. The number of carbonyl (C=O) groups excluding carboxylic acids is 1. The Kier molecular flexibility index (Phi) is 3.06. The van der Waals surface area contributed by atoms with Crippen LogP contribution in [0.25, 0.3) is 0 Å². The van der Waals surface area contributed by atoms with Gasteiger partial charge < -0.3 is 4.74 Å². The SMILES string of the molecule is CC(=O)O[C@H]1CC[C@H]2CCCCN2C1. The molecule has 0 aromatic rings. The van der Waals surface area contributed by atoms with Gasteiger partial charge in [0.1, 0.15) is 6.10 Å². The Morgan fingerprint density at radius 3 is 2.93 bits per heavy atom.